The molecular formula is C22H31N5O2. The summed E-state index contributed by atoms with van der Waals surface area (Å²) in [6, 6.07) is 12.8. The normalized spacial score (nSPS) is 20.8. The monoisotopic (exact) mass is 397 g/mol. The van der Waals surface area contributed by atoms with Gasteiger partial charge in [0.05, 0.1) is 6.54 Å². The molecule has 2 aliphatic heterocycles. The maximum absolute atomic E-state index is 12.6. The van der Waals surface area contributed by atoms with Crippen LogP contribution in [0, 0.1) is 5.92 Å². The highest BCUT2D eigenvalue weighted by Crippen LogP contribution is 2.23. The van der Waals surface area contributed by atoms with Gasteiger partial charge >= 0.3 is 0 Å². The van der Waals surface area contributed by atoms with Gasteiger partial charge in [0.1, 0.15) is 0 Å². The minimum atomic E-state index is -0.0877. The lowest BCUT2D eigenvalue weighted by atomic mass is 9.90. The van der Waals surface area contributed by atoms with Crippen molar-refractivity contribution >= 4 is 5.91 Å². The first kappa shape index (κ1) is 20.1. The average Bonchev–Trinajstić information content (AvgIpc) is 3.42. The Balaban J connectivity index is 1.23. The fraction of sp³-hybridized carbons (Fsp3) is 0.545. The van der Waals surface area contributed by atoms with E-state index in [1.807, 2.05) is 7.05 Å². The van der Waals surface area contributed by atoms with Crippen LogP contribution in [0.5, 0.6) is 0 Å². The largest absolute Gasteiger partial charge is 0.359 e. The molecule has 2 fully saturated rings. The third-order valence-corrected chi connectivity index (χ3v) is 6.00. The van der Waals surface area contributed by atoms with Crippen LogP contribution in [0.25, 0.3) is 0 Å². The molecule has 2 aliphatic rings. The number of nitrogens with zero attached hydrogens (tertiary/aromatic N) is 3. The lowest BCUT2D eigenvalue weighted by Gasteiger charge is -2.31. The number of nitrogens with one attached hydrogen (secondary N) is 2. The zero-order chi connectivity index (χ0) is 20.1. The van der Waals surface area contributed by atoms with Crippen LogP contribution >= 0.6 is 0 Å². The standard InChI is InChI=1S/C22H31N5O2/c1-26(15-19-7-10-23-24-19)22(28)21-14-20(29-25-21)16-27-11-8-18(9-12-27)13-17-5-3-2-4-6-17/h2-6,14,18-19,23-24H,7-13,15-16H2,1H3. The first-order valence-corrected chi connectivity index (χ1v) is 10.6. The number of likely N-dealkylation sites (tertiary alicyclic amines) is 1. The van der Waals surface area contributed by atoms with Crippen molar-refractivity contribution in [3.63, 3.8) is 0 Å². The molecule has 7 heteroatoms. The van der Waals surface area contributed by atoms with Gasteiger partial charge < -0.3 is 9.42 Å². The van der Waals surface area contributed by atoms with Crippen molar-refractivity contribution < 1.29 is 9.32 Å². The van der Waals surface area contributed by atoms with Crippen molar-refractivity contribution in [3.8, 4) is 0 Å². The van der Waals surface area contributed by atoms with Crippen molar-refractivity contribution in [2.75, 3.05) is 33.2 Å². The zero-order valence-electron chi connectivity index (χ0n) is 17.1. The van der Waals surface area contributed by atoms with E-state index in [9.17, 15) is 4.79 Å². The number of hydrogen-bond donors (Lipinski definition) is 2. The minimum absolute atomic E-state index is 0.0877. The highest BCUT2D eigenvalue weighted by Gasteiger charge is 2.24. The van der Waals surface area contributed by atoms with E-state index in [0.717, 1.165) is 50.7 Å². The summed E-state index contributed by atoms with van der Waals surface area (Å²) in [5.74, 6) is 1.42. The van der Waals surface area contributed by atoms with Crippen LogP contribution in [0.4, 0.5) is 0 Å². The van der Waals surface area contributed by atoms with E-state index < -0.39 is 0 Å². The Labute approximate surface area is 172 Å². The van der Waals surface area contributed by atoms with E-state index in [4.69, 9.17) is 4.52 Å². The lowest BCUT2D eigenvalue weighted by Crippen LogP contribution is -2.41. The SMILES string of the molecule is CN(CC1CCNN1)C(=O)c1cc(CN2CCC(Cc3ccccc3)CC2)on1. The second-order valence-corrected chi connectivity index (χ2v) is 8.33. The molecule has 1 aromatic carbocycles. The lowest BCUT2D eigenvalue weighted by molar-refractivity contribution is 0.0772. The summed E-state index contributed by atoms with van der Waals surface area (Å²) in [5.41, 5.74) is 8.10. The molecule has 2 aromatic rings. The van der Waals surface area contributed by atoms with Gasteiger partial charge in [0.15, 0.2) is 11.5 Å². The molecule has 3 heterocycles. The van der Waals surface area contributed by atoms with Crippen LogP contribution in [0.3, 0.4) is 0 Å². The van der Waals surface area contributed by atoms with Crippen molar-refractivity contribution in [1.29, 1.82) is 0 Å². The maximum Gasteiger partial charge on any atom is 0.275 e. The Bertz CT molecular complexity index is 780. The molecule has 2 saturated heterocycles. The minimum Gasteiger partial charge on any atom is -0.359 e. The Morgan fingerprint density at radius 1 is 1.24 bits per heavy atom. The molecule has 0 spiro atoms. The average molecular weight is 398 g/mol. The van der Waals surface area contributed by atoms with Gasteiger partial charge in [-0.05, 0) is 50.3 Å². The van der Waals surface area contributed by atoms with Crippen molar-refractivity contribution in [1.82, 2.24) is 25.8 Å². The van der Waals surface area contributed by atoms with E-state index in [1.54, 1.807) is 11.0 Å². The van der Waals surface area contributed by atoms with E-state index in [1.165, 1.54) is 18.4 Å². The number of hydrogen-bond acceptors (Lipinski definition) is 6. The van der Waals surface area contributed by atoms with Gasteiger partial charge in [-0.2, -0.15) is 0 Å². The van der Waals surface area contributed by atoms with Gasteiger partial charge in [-0.25, -0.2) is 0 Å². The van der Waals surface area contributed by atoms with E-state index in [0.29, 0.717) is 12.2 Å². The number of hydrazine groups is 1. The zero-order valence-corrected chi connectivity index (χ0v) is 17.1. The van der Waals surface area contributed by atoms with Crippen molar-refractivity contribution in [2.24, 2.45) is 5.92 Å². The number of likely N-dealkylation sites (N-methyl/N-ethyl adjacent to an activating group) is 1. The molecule has 1 aromatic heterocycles. The molecule has 4 rings (SSSR count). The number of aromatic nitrogens is 1. The first-order valence-electron chi connectivity index (χ1n) is 10.6. The van der Waals surface area contributed by atoms with Crippen LogP contribution in [0.15, 0.2) is 40.9 Å². The quantitative estimate of drug-likeness (QED) is 0.745. The number of rotatable bonds is 7. The van der Waals surface area contributed by atoms with Crippen LogP contribution in [0.2, 0.25) is 0 Å². The highest BCUT2D eigenvalue weighted by atomic mass is 16.5. The predicted molar refractivity (Wildman–Crippen MR) is 111 cm³/mol. The van der Waals surface area contributed by atoms with Gasteiger partial charge in [0, 0.05) is 32.2 Å². The number of amides is 1. The fourth-order valence-corrected chi connectivity index (χ4v) is 4.29. The third-order valence-electron chi connectivity index (χ3n) is 6.00. The Kier molecular flexibility index (Phi) is 6.59. The van der Waals surface area contributed by atoms with Crippen LogP contribution in [-0.4, -0.2) is 60.1 Å². The predicted octanol–water partition coefficient (Wildman–Crippen LogP) is 2.07. The van der Waals surface area contributed by atoms with Gasteiger partial charge in [-0.3, -0.25) is 20.5 Å². The molecule has 156 valence electrons. The van der Waals surface area contributed by atoms with Crippen LogP contribution < -0.4 is 10.9 Å². The Morgan fingerprint density at radius 2 is 2.03 bits per heavy atom. The summed E-state index contributed by atoms with van der Waals surface area (Å²) in [4.78, 5) is 16.7. The number of benzene rings is 1. The van der Waals surface area contributed by atoms with E-state index in [2.05, 4.69) is 51.2 Å². The van der Waals surface area contributed by atoms with Gasteiger partial charge in [0.2, 0.25) is 0 Å². The molecule has 7 nitrogen and oxygen atoms in total. The van der Waals surface area contributed by atoms with E-state index >= 15 is 0 Å². The van der Waals surface area contributed by atoms with Crippen molar-refractivity contribution in [3.05, 3.63) is 53.4 Å². The summed E-state index contributed by atoms with van der Waals surface area (Å²) in [5, 5.41) is 4.02. The molecule has 29 heavy (non-hydrogen) atoms. The Morgan fingerprint density at radius 3 is 2.76 bits per heavy atom. The van der Waals surface area contributed by atoms with Crippen molar-refractivity contribution in [2.45, 2.75) is 38.3 Å². The molecule has 0 aliphatic carbocycles. The molecule has 2 N–H and O–H groups in total. The summed E-state index contributed by atoms with van der Waals surface area (Å²) in [7, 11) is 1.81. The summed E-state index contributed by atoms with van der Waals surface area (Å²) in [6.45, 7) is 4.42. The smallest absolute Gasteiger partial charge is 0.275 e. The van der Waals surface area contributed by atoms with Crippen LogP contribution in [-0.2, 0) is 13.0 Å². The molecule has 1 amide bonds. The molecule has 0 saturated carbocycles. The second kappa shape index (κ2) is 9.52. The summed E-state index contributed by atoms with van der Waals surface area (Å²) >= 11 is 0. The van der Waals surface area contributed by atoms with E-state index in [-0.39, 0.29) is 11.9 Å². The summed E-state index contributed by atoms with van der Waals surface area (Å²) < 4.78 is 5.46. The number of carbonyl (C=O) groups excluding carboxylic acids is 1. The maximum atomic E-state index is 12.6. The summed E-state index contributed by atoms with van der Waals surface area (Å²) in [6.07, 6.45) is 4.56. The van der Waals surface area contributed by atoms with Gasteiger partial charge in [-0.15, -0.1) is 0 Å². The molecular weight excluding hydrogens is 366 g/mol. The number of carbonyl (C=O) groups is 1. The second-order valence-electron chi connectivity index (χ2n) is 8.33. The number of piperidine rings is 1. The van der Waals surface area contributed by atoms with Gasteiger partial charge in [-0.1, -0.05) is 35.5 Å². The Hall–Kier alpha value is -2.22. The molecule has 0 radical (unpaired) electrons. The highest BCUT2D eigenvalue weighted by molar-refractivity contribution is 5.92. The molecule has 1 unspecified atom stereocenters. The third kappa shape index (κ3) is 5.44. The fourth-order valence-electron chi connectivity index (χ4n) is 4.29. The molecule has 1 atom stereocenters. The first-order chi connectivity index (χ1) is 14.2. The topological polar surface area (TPSA) is 73.6 Å². The van der Waals surface area contributed by atoms with Gasteiger partial charge in [0.25, 0.3) is 5.91 Å². The van der Waals surface area contributed by atoms with Crippen LogP contribution in [0.1, 0.15) is 41.1 Å². The molecule has 0 bridgehead atoms.